The van der Waals surface area contributed by atoms with Crippen molar-refractivity contribution in [2.45, 2.75) is 25.7 Å². The minimum Gasteiger partial charge on any atom is -0.423 e. The van der Waals surface area contributed by atoms with Crippen LogP contribution in [-0.4, -0.2) is 33.4 Å². The Morgan fingerprint density at radius 1 is 0.391 bits per heavy atom. The predicted octanol–water partition coefficient (Wildman–Crippen LogP) is 11.5. The van der Waals surface area contributed by atoms with Crippen LogP contribution in [0.25, 0.3) is 11.1 Å². The number of esters is 2. The van der Waals surface area contributed by atoms with Crippen LogP contribution in [0.5, 0.6) is 0 Å². The molecule has 12 nitrogen and oxygen atoms in total. The van der Waals surface area contributed by atoms with E-state index in [4.69, 9.17) is 9.47 Å². The van der Waals surface area contributed by atoms with Crippen LogP contribution in [0.1, 0.15) is 78.2 Å². The lowest BCUT2D eigenvalue weighted by Gasteiger charge is -2.20. The van der Waals surface area contributed by atoms with Gasteiger partial charge in [-0.1, -0.05) is 121 Å². The van der Waals surface area contributed by atoms with Crippen molar-refractivity contribution < 1.29 is 38.5 Å². The summed E-state index contributed by atoms with van der Waals surface area (Å²) in [6.45, 7) is 0. The molecule has 0 heterocycles. The van der Waals surface area contributed by atoms with Crippen LogP contribution in [0.3, 0.4) is 0 Å². The predicted molar refractivity (Wildman–Crippen MR) is 240 cm³/mol. The van der Waals surface area contributed by atoms with Gasteiger partial charge >= 0.3 is 11.9 Å². The minimum atomic E-state index is -0.645. The molecule has 0 saturated carbocycles. The Balaban J connectivity index is 0.000000191. The molecule has 0 atom stereocenters. The van der Waals surface area contributed by atoms with Gasteiger partial charge in [0.1, 0.15) is 11.5 Å². The molecule has 0 unspecified atom stereocenters. The molecule has 0 fully saturated rings. The van der Waals surface area contributed by atoms with Crippen molar-refractivity contribution in [2.24, 2.45) is 0 Å². The molecule has 316 valence electrons. The Kier molecular flexibility index (Phi) is 13.8. The van der Waals surface area contributed by atoms with E-state index >= 15 is 0 Å². The van der Waals surface area contributed by atoms with E-state index in [0.717, 1.165) is 22.3 Å². The van der Waals surface area contributed by atoms with Gasteiger partial charge in [-0.3, -0.25) is 29.8 Å². The van der Waals surface area contributed by atoms with E-state index in [2.05, 4.69) is 0 Å². The largest absolute Gasteiger partial charge is 0.423 e. The van der Waals surface area contributed by atoms with E-state index < -0.39 is 21.8 Å². The number of ether oxygens (including phenoxy) is 2. The molecule has 12 heteroatoms. The topological polar surface area (TPSA) is 173 Å². The van der Waals surface area contributed by atoms with Gasteiger partial charge in [0.15, 0.2) is 11.6 Å². The molecule has 0 saturated heterocycles. The first kappa shape index (κ1) is 43.4. The van der Waals surface area contributed by atoms with E-state index in [1.807, 2.05) is 72.8 Å². The van der Waals surface area contributed by atoms with Gasteiger partial charge in [-0.25, -0.2) is 9.59 Å². The van der Waals surface area contributed by atoms with Crippen molar-refractivity contribution in [3.8, 4) is 0 Å². The van der Waals surface area contributed by atoms with Gasteiger partial charge in [0.25, 0.3) is 11.4 Å². The average molecular weight is 851 g/mol. The summed E-state index contributed by atoms with van der Waals surface area (Å²) in [6, 6.07) is 47.4. The SMILES string of the molecule is O=C(OC1=C(c2ccccc2)CCC(C(=O)c2ccccc2)=C1)c1ccc([N+](=O)[O-])cc1.O=C(OC1=C(c2ccccc2)CCC(C(=O)c2ccccc2)=C1)c1ccc([N+](=O)[O-])cc1. The van der Waals surface area contributed by atoms with Gasteiger partial charge in [-0.05, 0) is 73.2 Å². The number of hydrogen-bond donors (Lipinski definition) is 0. The van der Waals surface area contributed by atoms with Crippen LogP contribution >= 0.6 is 0 Å². The zero-order valence-electron chi connectivity index (χ0n) is 34.1. The van der Waals surface area contributed by atoms with Crippen LogP contribution in [0, 0.1) is 20.2 Å². The third kappa shape index (κ3) is 10.6. The Hall–Kier alpha value is -8.64. The number of allylic oxidation sites excluding steroid dienone is 6. The molecule has 8 rings (SSSR count). The van der Waals surface area contributed by atoms with Crippen molar-refractivity contribution in [1.82, 2.24) is 0 Å². The van der Waals surface area contributed by atoms with Crippen molar-refractivity contribution in [2.75, 3.05) is 0 Å². The third-order valence-electron chi connectivity index (χ3n) is 10.4. The lowest BCUT2D eigenvalue weighted by atomic mass is 9.88. The molecular formula is C52H38N2O10. The maximum Gasteiger partial charge on any atom is 0.343 e. The molecule has 2 aliphatic rings. The highest BCUT2D eigenvalue weighted by molar-refractivity contribution is 6.10. The van der Waals surface area contributed by atoms with Gasteiger partial charge in [0.2, 0.25) is 0 Å². The Bertz CT molecular complexity index is 2650. The fourth-order valence-corrected chi connectivity index (χ4v) is 7.10. The fourth-order valence-electron chi connectivity index (χ4n) is 7.10. The van der Waals surface area contributed by atoms with Crippen LogP contribution in [0.15, 0.2) is 205 Å². The van der Waals surface area contributed by atoms with Crippen molar-refractivity contribution in [3.63, 3.8) is 0 Å². The first-order valence-corrected chi connectivity index (χ1v) is 20.2. The second kappa shape index (κ2) is 20.3. The molecule has 6 aromatic carbocycles. The number of nitrogens with zero attached hydrogens (tertiary/aromatic N) is 2. The summed E-state index contributed by atoms with van der Waals surface area (Å²) < 4.78 is 11.4. The lowest BCUT2D eigenvalue weighted by molar-refractivity contribution is -0.385. The summed E-state index contributed by atoms with van der Waals surface area (Å²) in [5.74, 6) is -0.890. The first-order chi connectivity index (χ1) is 31.0. The first-order valence-electron chi connectivity index (χ1n) is 20.2. The van der Waals surface area contributed by atoms with Crippen LogP contribution in [0.2, 0.25) is 0 Å². The molecule has 0 bridgehead atoms. The van der Waals surface area contributed by atoms with E-state index in [1.165, 1.54) is 48.5 Å². The molecule has 0 radical (unpaired) electrons. The standard InChI is InChI=1S/2C26H19NO5/c2*28-25(19-9-5-2-6-10-19)21-13-16-23(18-7-3-1-4-8-18)24(17-21)32-26(29)20-11-14-22(15-12-20)27(30)31/h2*1-12,14-15,17H,13,16H2. The highest BCUT2D eigenvalue weighted by Gasteiger charge is 2.25. The number of ketones is 2. The summed E-state index contributed by atoms with van der Waals surface area (Å²) in [4.78, 5) is 72.1. The molecule has 64 heavy (non-hydrogen) atoms. The zero-order valence-corrected chi connectivity index (χ0v) is 34.1. The van der Waals surface area contributed by atoms with Gasteiger partial charge in [0, 0.05) is 57.7 Å². The Labute approximate surface area is 367 Å². The monoisotopic (exact) mass is 850 g/mol. The quantitative estimate of drug-likeness (QED) is 0.0499. The van der Waals surface area contributed by atoms with Crippen molar-refractivity contribution in [3.05, 3.63) is 258 Å². The summed E-state index contributed by atoms with van der Waals surface area (Å²) in [7, 11) is 0. The highest BCUT2D eigenvalue weighted by atomic mass is 16.6. The maximum absolute atomic E-state index is 13.0. The number of nitro groups is 2. The average Bonchev–Trinajstić information content (AvgIpc) is 3.34. The fraction of sp³-hybridized carbons (Fsp3) is 0.0769. The maximum atomic E-state index is 13.0. The summed E-state index contributed by atoms with van der Waals surface area (Å²) in [6.07, 6.45) is 5.39. The van der Waals surface area contributed by atoms with Crippen LogP contribution in [-0.2, 0) is 9.47 Å². The molecule has 0 aromatic heterocycles. The van der Waals surface area contributed by atoms with Crippen molar-refractivity contribution in [1.29, 1.82) is 0 Å². The van der Waals surface area contributed by atoms with E-state index in [-0.39, 0.29) is 34.1 Å². The Morgan fingerprint density at radius 2 is 0.703 bits per heavy atom. The van der Waals surface area contributed by atoms with E-state index in [0.29, 0.717) is 59.5 Å². The van der Waals surface area contributed by atoms with Gasteiger partial charge in [-0.15, -0.1) is 0 Å². The third-order valence-corrected chi connectivity index (χ3v) is 10.4. The minimum absolute atomic E-state index is 0.110. The number of carbonyl (C=O) groups is 4. The second-order valence-corrected chi connectivity index (χ2v) is 14.5. The number of non-ortho nitro benzene ring substituents is 2. The molecule has 6 aromatic rings. The molecule has 0 amide bonds. The van der Waals surface area contributed by atoms with Crippen molar-refractivity contribution >= 4 is 46.0 Å². The summed E-state index contributed by atoms with van der Waals surface area (Å²) in [5.41, 5.74) is 5.86. The summed E-state index contributed by atoms with van der Waals surface area (Å²) in [5, 5.41) is 21.7. The molecule has 0 spiro atoms. The van der Waals surface area contributed by atoms with Crippen LogP contribution < -0.4 is 0 Å². The number of Topliss-reactive ketones (excluding diaryl/α,β-unsaturated/α-hetero) is 2. The number of nitro benzene ring substituents is 2. The molecule has 2 aliphatic carbocycles. The van der Waals surface area contributed by atoms with Gasteiger partial charge in [-0.2, -0.15) is 0 Å². The Morgan fingerprint density at radius 3 is 1.02 bits per heavy atom. The number of rotatable bonds is 12. The van der Waals surface area contributed by atoms with E-state index in [9.17, 15) is 39.4 Å². The smallest absolute Gasteiger partial charge is 0.343 e. The van der Waals surface area contributed by atoms with Crippen LogP contribution in [0.4, 0.5) is 11.4 Å². The lowest BCUT2D eigenvalue weighted by Crippen LogP contribution is -2.12. The number of carbonyl (C=O) groups excluding carboxylic acids is 4. The summed E-state index contributed by atoms with van der Waals surface area (Å²) >= 11 is 0. The normalized spacial score (nSPS) is 13.3. The highest BCUT2D eigenvalue weighted by Crippen LogP contribution is 2.36. The zero-order chi connectivity index (χ0) is 45.0. The number of hydrogen-bond acceptors (Lipinski definition) is 10. The van der Waals surface area contributed by atoms with E-state index in [1.54, 1.807) is 60.7 Å². The van der Waals surface area contributed by atoms with Gasteiger partial charge < -0.3 is 9.47 Å². The molecular weight excluding hydrogens is 813 g/mol. The molecule has 0 N–H and O–H groups in total. The molecule has 0 aliphatic heterocycles. The van der Waals surface area contributed by atoms with Gasteiger partial charge in [0.05, 0.1) is 21.0 Å². The second-order valence-electron chi connectivity index (χ2n) is 14.5. The number of benzene rings is 6.